The third-order valence-corrected chi connectivity index (χ3v) is 2.94. The van der Waals surface area contributed by atoms with Gasteiger partial charge in [0.15, 0.2) is 0 Å². The Morgan fingerprint density at radius 1 is 1.39 bits per heavy atom. The van der Waals surface area contributed by atoms with E-state index in [9.17, 15) is 4.79 Å². The van der Waals surface area contributed by atoms with Gasteiger partial charge in [0.1, 0.15) is 0 Å². The third-order valence-electron chi connectivity index (χ3n) is 2.68. The number of amides is 1. The van der Waals surface area contributed by atoms with E-state index in [-0.39, 0.29) is 11.9 Å². The topological polar surface area (TPSA) is 46.9 Å². The van der Waals surface area contributed by atoms with Gasteiger partial charge in [-0.1, -0.05) is 23.7 Å². The van der Waals surface area contributed by atoms with Gasteiger partial charge in [-0.15, -0.1) is 0 Å². The second-order valence-electron chi connectivity index (χ2n) is 4.15. The molecular weight excluding hydrogens is 250 g/mol. The van der Waals surface area contributed by atoms with Crippen LogP contribution in [0.4, 0.5) is 0 Å². The Balaban J connectivity index is 2.05. The summed E-state index contributed by atoms with van der Waals surface area (Å²) >= 11 is 5.82. The van der Waals surface area contributed by atoms with Crippen LogP contribution >= 0.6 is 11.6 Å². The summed E-state index contributed by atoms with van der Waals surface area (Å²) in [5, 5.41) is 7.56. The summed E-state index contributed by atoms with van der Waals surface area (Å²) in [7, 11) is 1.78. The first kappa shape index (κ1) is 12.6. The van der Waals surface area contributed by atoms with Crippen molar-refractivity contribution in [3.05, 3.63) is 52.8 Å². The van der Waals surface area contributed by atoms with Crippen LogP contribution < -0.4 is 5.32 Å². The summed E-state index contributed by atoms with van der Waals surface area (Å²) in [5.74, 6) is -0.134. The van der Waals surface area contributed by atoms with Gasteiger partial charge in [-0.3, -0.25) is 9.48 Å². The van der Waals surface area contributed by atoms with Gasteiger partial charge in [-0.05, 0) is 24.6 Å². The van der Waals surface area contributed by atoms with Crippen LogP contribution in [-0.4, -0.2) is 15.7 Å². The Morgan fingerprint density at radius 2 is 2.06 bits per heavy atom. The predicted molar refractivity (Wildman–Crippen MR) is 70.5 cm³/mol. The lowest BCUT2D eigenvalue weighted by molar-refractivity contribution is 0.0940. The molecule has 0 aliphatic heterocycles. The average molecular weight is 264 g/mol. The molecule has 1 atom stereocenters. The molecule has 2 aromatic rings. The van der Waals surface area contributed by atoms with Crippen molar-refractivity contribution in [1.82, 2.24) is 15.1 Å². The van der Waals surface area contributed by atoms with E-state index in [0.29, 0.717) is 10.6 Å². The highest BCUT2D eigenvalue weighted by atomic mass is 35.5. The van der Waals surface area contributed by atoms with Gasteiger partial charge >= 0.3 is 0 Å². The molecule has 0 aliphatic carbocycles. The summed E-state index contributed by atoms with van der Waals surface area (Å²) in [4.78, 5) is 11.9. The highest BCUT2D eigenvalue weighted by Gasteiger charge is 2.12. The summed E-state index contributed by atoms with van der Waals surface area (Å²) in [6.45, 7) is 1.93. The number of aryl methyl sites for hydroxylation is 1. The zero-order valence-corrected chi connectivity index (χ0v) is 11.0. The number of halogens is 1. The minimum Gasteiger partial charge on any atom is -0.345 e. The minimum atomic E-state index is -0.134. The number of carbonyl (C=O) groups is 1. The van der Waals surface area contributed by atoms with Crippen molar-refractivity contribution in [2.45, 2.75) is 13.0 Å². The van der Waals surface area contributed by atoms with Gasteiger partial charge in [0.25, 0.3) is 5.91 Å². The molecule has 1 aromatic heterocycles. The minimum absolute atomic E-state index is 0.0741. The number of carbonyl (C=O) groups excluding carboxylic acids is 1. The molecule has 0 unspecified atom stereocenters. The number of nitrogens with zero attached hydrogens (tertiary/aromatic N) is 2. The van der Waals surface area contributed by atoms with Crippen molar-refractivity contribution in [2.75, 3.05) is 0 Å². The molecule has 0 spiro atoms. The fourth-order valence-electron chi connectivity index (χ4n) is 1.65. The van der Waals surface area contributed by atoms with Crippen LogP contribution in [-0.2, 0) is 7.05 Å². The molecule has 94 valence electrons. The van der Waals surface area contributed by atoms with Crippen LogP contribution in [0, 0.1) is 0 Å². The summed E-state index contributed by atoms with van der Waals surface area (Å²) in [6, 6.07) is 7.34. The Labute approximate surface area is 111 Å². The number of hydrogen-bond acceptors (Lipinski definition) is 2. The highest BCUT2D eigenvalue weighted by Crippen LogP contribution is 2.16. The van der Waals surface area contributed by atoms with Gasteiger partial charge < -0.3 is 5.32 Å². The molecule has 0 aliphatic rings. The number of rotatable bonds is 3. The van der Waals surface area contributed by atoms with Crippen LogP contribution in [0.25, 0.3) is 0 Å². The molecule has 1 amide bonds. The maximum Gasteiger partial charge on any atom is 0.254 e. The molecular formula is C13H14ClN3O. The van der Waals surface area contributed by atoms with E-state index in [2.05, 4.69) is 10.4 Å². The predicted octanol–water partition coefficient (Wildman–Crippen LogP) is 2.56. The van der Waals surface area contributed by atoms with E-state index in [4.69, 9.17) is 11.6 Å². The fourth-order valence-corrected chi connectivity index (χ4v) is 1.78. The molecule has 1 N–H and O–H groups in total. The van der Waals surface area contributed by atoms with Crippen molar-refractivity contribution in [3.8, 4) is 0 Å². The fraction of sp³-hybridized carbons (Fsp3) is 0.231. The molecule has 1 aromatic carbocycles. The molecule has 0 fully saturated rings. The van der Waals surface area contributed by atoms with Crippen LogP contribution in [0.1, 0.15) is 28.9 Å². The summed E-state index contributed by atoms with van der Waals surface area (Å²) in [5.41, 5.74) is 1.56. The van der Waals surface area contributed by atoms with Gasteiger partial charge in [0.05, 0.1) is 17.8 Å². The Bertz CT molecular complexity index is 548. The Morgan fingerprint density at radius 3 is 2.61 bits per heavy atom. The highest BCUT2D eigenvalue weighted by molar-refractivity contribution is 6.30. The second-order valence-corrected chi connectivity index (χ2v) is 4.59. The molecule has 0 radical (unpaired) electrons. The van der Waals surface area contributed by atoms with Gasteiger partial charge in [-0.25, -0.2) is 0 Å². The van der Waals surface area contributed by atoms with Crippen molar-refractivity contribution < 1.29 is 4.79 Å². The van der Waals surface area contributed by atoms with Crippen LogP contribution in [0.2, 0.25) is 5.02 Å². The number of benzene rings is 1. The number of aromatic nitrogens is 2. The normalized spacial score (nSPS) is 12.2. The zero-order valence-electron chi connectivity index (χ0n) is 10.2. The van der Waals surface area contributed by atoms with Crippen molar-refractivity contribution in [1.29, 1.82) is 0 Å². The molecule has 0 saturated heterocycles. The van der Waals surface area contributed by atoms with Crippen molar-refractivity contribution >= 4 is 17.5 Å². The summed E-state index contributed by atoms with van der Waals surface area (Å²) < 4.78 is 1.60. The lowest BCUT2D eigenvalue weighted by atomic mass is 10.1. The average Bonchev–Trinajstić information content (AvgIpc) is 2.76. The molecule has 4 nitrogen and oxygen atoms in total. The molecule has 5 heteroatoms. The lowest BCUT2D eigenvalue weighted by Crippen LogP contribution is -2.26. The van der Waals surface area contributed by atoms with E-state index in [1.807, 2.05) is 31.2 Å². The molecule has 0 saturated carbocycles. The molecule has 1 heterocycles. The quantitative estimate of drug-likeness (QED) is 0.925. The van der Waals surface area contributed by atoms with E-state index >= 15 is 0 Å². The smallest absolute Gasteiger partial charge is 0.254 e. The molecule has 2 rings (SSSR count). The van der Waals surface area contributed by atoms with E-state index in [0.717, 1.165) is 5.56 Å². The van der Waals surface area contributed by atoms with Crippen molar-refractivity contribution in [2.24, 2.45) is 7.05 Å². The third kappa shape index (κ3) is 2.90. The van der Waals surface area contributed by atoms with Gasteiger partial charge in [0.2, 0.25) is 0 Å². The van der Waals surface area contributed by atoms with Crippen LogP contribution in [0.15, 0.2) is 36.7 Å². The van der Waals surface area contributed by atoms with E-state index in [1.54, 1.807) is 24.1 Å². The SMILES string of the molecule is C[C@H](NC(=O)c1cnn(C)c1)c1ccc(Cl)cc1. The first-order valence-corrected chi connectivity index (χ1v) is 5.99. The number of nitrogens with one attached hydrogen (secondary N) is 1. The largest absolute Gasteiger partial charge is 0.345 e. The van der Waals surface area contributed by atoms with Gasteiger partial charge in [0, 0.05) is 18.3 Å². The maximum absolute atomic E-state index is 11.9. The second kappa shape index (κ2) is 5.23. The molecule has 18 heavy (non-hydrogen) atoms. The lowest BCUT2D eigenvalue weighted by Gasteiger charge is -2.13. The summed E-state index contributed by atoms with van der Waals surface area (Å²) in [6.07, 6.45) is 3.23. The standard InChI is InChI=1S/C13H14ClN3O/c1-9(10-3-5-12(14)6-4-10)16-13(18)11-7-15-17(2)8-11/h3-9H,1-2H3,(H,16,18)/t9-/m0/s1. The van der Waals surface area contributed by atoms with E-state index in [1.165, 1.54) is 0 Å². The number of hydrogen-bond donors (Lipinski definition) is 1. The first-order chi connectivity index (χ1) is 8.56. The van der Waals surface area contributed by atoms with Crippen LogP contribution in [0.5, 0.6) is 0 Å². The molecule has 0 bridgehead atoms. The van der Waals surface area contributed by atoms with Crippen molar-refractivity contribution in [3.63, 3.8) is 0 Å². The van der Waals surface area contributed by atoms with Gasteiger partial charge in [-0.2, -0.15) is 5.10 Å². The van der Waals surface area contributed by atoms with E-state index < -0.39 is 0 Å². The van der Waals surface area contributed by atoms with Crippen LogP contribution in [0.3, 0.4) is 0 Å². The maximum atomic E-state index is 11.9. The Hall–Kier alpha value is -1.81. The Kier molecular flexibility index (Phi) is 3.67. The monoisotopic (exact) mass is 263 g/mol. The zero-order chi connectivity index (χ0) is 13.1. The first-order valence-electron chi connectivity index (χ1n) is 5.61.